The number of aliphatic hydroxyl groups excluding tert-OH is 1. The Morgan fingerprint density at radius 2 is 1.79 bits per heavy atom. The first-order valence-corrected chi connectivity index (χ1v) is 6.33. The molecule has 0 unspecified atom stereocenters. The summed E-state index contributed by atoms with van der Waals surface area (Å²) in [5.41, 5.74) is 4.76. The van der Waals surface area contributed by atoms with Crippen LogP contribution in [0.25, 0.3) is 11.3 Å². The molecule has 1 atom stereocenters. The molecule has 1 heterocycles. The summed E-state index contributed by atoms with van der Waals surface area (Å²) in [4.78, 5) is 4.49. The van der Waals surface area contributed by atoms with E-state index >= 15 is 0 Å². The number of aryl methyl sites for hydroxylation is 2. The van der Waals surface area contributed by atoms with Gasteiger partial charge in [0.2, 0.25) is 0 Å². The minimum atomic E-state index is -0.555. The van der Waals surface area contributed by atoms with Gasteiger partial charge in [0, 0.05) is 5.56 Å². The van der Waals surface area contributed by atoms with Crippen molar-refractivity contribution >= 4 is 0 Å². The van der Waals surface area contributed by atoms with E-state index in [4.69, 9.17) is 4.74 Å². The number of aliphatic hydroxyl groups is 1. The summed E-state index contributed by atoms with van der Waals surface area (Å²) in [6, 6.07) is 9.81. The topological polar surface area (TPSA) is 42.4 Å². The number of benzene rings is 1. The van der Waals surface area contributed by atoms with E-state index in [0.29, 0.717) is 5.69 Å². The largest absolute Gasteiger partial charge is 0.496 e. The third-order valence-corrected chi connectivity index (χ3v) is 3.16. The van der Waals surface area contributed by atoms with Gasteiger partial charge in [-0.05, 0) is 56.2 Å². The second kappa shape index (κ2) is 5.41. The molecule has 2 rings (SSSR count). The summed E-state index contributed by atoms with van der Waals surface area (Å²) in [7, 11) is 1.68. The third kappa shape index (κ3) is 2.76. The van der Waals surface area contributed by atoms with E-state index in [2.05, 4.69) is 17.1 Å². The van der Waals surface area contributed by atoms with Crippen LogP contribution in [0.15, 0.2) is 30.3 Å². The van der Waals surface area contributed by atoms with Crippen LogP contribution in [0, 0.1) is 13.8 Å². The predicted octanol–water partition coefficient (Wildman–Crippen LogP) is 3.43. The smallest absolute Gasteiger partial charge is 0.124 e. The van der Waals surface area contributed by atoms with Crippen LogP contribution in [-0.2, 0) is 0 Å². The van der Waals surface area contributed by atoms with Crippen molar-refractivity contribution in [1.82, 2.24) is 4.98 Å². The van der Waals surface area contributed by atoms with Crippen molar-refractivity contribution in [3.05, 3.63) is 47.2 Å². The molecule has 0 spiro atoms. The summed E-state index contributed by atoms with van der Waals surface area (Å²) in [5, 5.41) is 9.60. The highest BCUT2D eigenvalue weighted by molar-refractivity contribution is 5.64. The number of methoxy groups -OCH3 is 1. The van der Waals surface area contributed by atoms with Crippen LogP contribution >= 0.6 is 0 Å². The van der Waals surface area contributed by atoms with Crippen molar-refractivity contribution in [2.45, 2.75) is 26.9 Å². The number of rotatable bonds is 3. The van der Waals surface area contributed by atoms with Crippen LogP contribution in [0.5, 0.6) is 5.75 Å². The highest BCUT2D eigenvalue weighted by Crippen LogP contribution is 2.29. The van der Waals surface area contributed by atoms with Crippen LogP contribution in [0.4, 0.5) is 0 Å². The minimum Gasteiger partial charge on any atom is -0.496 e. The van der Waals surface area contributed by atoms with Crippen LogP contribution < -0.4 is 4.74 Å². The number of hydrogen-bond donors (Lipinski definition) is 1. The van der Waals surface area contributed by atoms with Crippen molar-refractivity contribution in [1.29, 1.82) is 0 Å². The molecule has 0 fully saturated rings. The molecular formula is C16H19NO2. The average molecular weight is 257 g/mol. The summed E-state index contributed by atoms with van der Waals surface area (Å²) in [6.45, 7) is 5.76. The second-order valence-corrected chi connectivity index (χ2v) is 4.77. The lowest BCUT2D eigenvalue weighted by Crippen LogP contribution is -1.97. The maximum Gasteiger partial charge on any atom is 0.124 e. The number of ether oxygens (including phenoxy) is 1. The normalized spacial score (nSPS) is 12.3. The summed E-state index contributed by atoms with van der Waals surface area (Å²) in [6.07, 6.45) is -0.555. The van der Waals surface area contributed by atoms with Crippen LogP contribution in [0.1, 0.15) is 29.8 Å². The highest BCUT2D eigenvalue weighted by Gasteiger charge is 2.09. The molecule has 0 radical (unpaired) electrons. The van der Waals surface area contributed by atoms with Crippen molar-refractivity contribution in [3.8, 4) is 17.0 Å². The molecule has 0 aliphatic rings. The zero-order valence-electron chi connectivity index (χ0n) is 11.8. The monoisotopic (exact) mass is 257 g/mol. The molecule has 0 amide bonds. The SMILES string of the molecule is COc1c(C)cc(-c2cccc([C@@H](C)O)n2)cc1C. The quantitative estimate of drug-likeness (QED) is 0.916. The molecular weight excluding hydrogens is 238 g/mol. The molecule has 0 saturated carbocycles. The maximum atomic E-state index is 9.60. The number of pyridine rings is 1. The van der Waals surface area contributed by atoms with Gasteiger partial charge in [-0.15, -0.1) is 0 Å². The van der Waals surface area contributed by atoms with E-state index < -0.39 is 6.10 Å². The lowest BCUT2D eigenvalue weighted by Gasteiger charge is -2.12. The first-order chi connectivity index (χ1) is 9.02. The Kier molecular flexibility index (Phi) is 3.86. The van der Waals surface area contributed by atoms with Crippen molar-refractivity contribution in [2.75, 3.05) is 7.11 Å². The molecule has 100 valence electrons. The third-order valence-electron chi connectivity index (χ3n) is 3.16. The molecule has 1 aromatic heterocycles. The molecule has 0 bridgehead atoms. The van der Waals surface area contributed by atoms with Gasteiger partial charge in [0.1, 0.15) is 5.75 Å². The zero-order chi connectivity index (χ0) is 14.0. The second-order valence-electron chi connectivity index (χ2n) is 4.77. The first kappa shape index (κ1) is 13.6. The maximum absolute atomic E-state index is 9.60. The molecule has 0 saturated heterocycles. The molecule has 1 N–H and O–H groups in total. The number of aromatic nitrogens is 1. The minimum absolute atomic E-state index is 0.555. The van der Waals surface area contributed by atoms with Gasteiger partial charge in [-0.25, -0.2) is 0 Å². The fourth-order valence-corrected chi connectivity index (χ4v) is 2.27. The Bertz CT molecular complexity index is 568. The lowest BCUT2D eigenvalue weighted by molar-refractivity contribution is 0.194. The molecule has 3 heteroatoms. The van der Waals surface area contributed by atoms with Gasteiger partial charge in [0.05, 0.1) is 24.6 Å². The molecule has 0 aliphatic carbocycles. The molecule has 3 nitrogen and oxygen atoms in total. The predicted molar refractivity (Wildman–Crippen MR) is 76.3 cm³/mol. The number of hydrogen-bond acceptors (Lipinski definition) is 3. The van der Waals surface area contributed by atoms with Gasteiger partial charge >= 0.3 is 0 Å². The van der Waals surface area contributed by atoms with Gasteiger partial charge in [-0.2, -0.15) is 0 Å². The van der Waals surface area contributed by atoms with Gasteiger partial charge in [-0.3, -0.25) is 4.98 Å². The van der Waals surface area contributed by atoms with Gasteiger partial charge in [0.15, 0.2) is 0 Å². The van der Waals surface area contributed by atoms with Crippen molar-refractivity contribution in [3.63, 3.8) is 0 Å². The Labute approximate surface area is 113 Å². The van der Waals surface area contributed by atoms with Crippen molar-refractivity contribution < 1.29 is 9.84 Å². The van der Waals surface area contributed by atoms with E-state index in [9.17, 15) is 5.11 Å². The van der Waals surface area contributed by atoms with Gasteiger partial charge in [-0.1, -0.05) is 6.07 Å². The molecule has 2 aromatic rings. The van der Waals surface area contributed by atoms with E-state index in [1.54, 1.807) is 14.0 Å². The van der Waals surface area contributed by atoms with Crippen molar-refractivity contribution in [2.24, 2.45) is 0 Å². The molecule has 0 aliphatic heterocycles. The molecule has 1 aromatic carbocycles. The Morgan fingerprint density at radius 3 is 2.32 bits per heavy atom. The Hall–Kier alpha value is -1.87. The first-order valence-electron chi connectivity index (χ1n) is 6.33. The zero-order valence-corrected chi connectivity index (χ0v) is 11.8. The lowest BCUT2D eigenvalue weighted by atomic mass is 10.0. The van der Waals surface area contributed by atoms with E-state index in [0.717, 1.165) is 28.1 Å². The average Bonchev–Trinajstić information content (AvgIpc) is 2.38. The van der Waals surface area contributed by atoms with E-state index in [1.165, 1.54) is 0 Å². The van der Waals surface area contributed by atoms with Crippen LogP contribution in [0.3, 0.4) is 0 Å². The van der Waals surface area contributed by atoms with Gasteiger partial charge < -0.3 is 9.84 Å². The van der Waals surface area contributed by atoms with Crippen LogP contribution in [0.2, 0.25) is 0 Å². The standard InChI is InChI=1S/C16H19NO2/c1-10-8-13(9-11(2)16(10)19-4)15-7-5-6-14(17-15)12(3)18/h5-9,12,18H,1-4H3/t12-/m1/s1. The highest BCUT2D eigenvalue weighted by atomic mass is 16.5. The van der Waals surface area contributed by atoms with E-state index in [-0.39, 0.29) is 0 Å². The number of nitrogens with zero attached hydrogens (tertiary/aromatic N) is 1. The van der Waals surface area contributed by atoms with Crippen LogP contribution in [-0.4, -0.2) is 17.2 Å². The van der Waals surface area contributed by atoms with E-state index in [1.807, 2.05) is 32.0 Å². The summed E-state index contributed by atoms with van der Waals surface area (Å²) in [5.74, 6) is 0.912. The van der Waals surface area contributed by atoms with Gasteiger partial charge in [0.25, 0.3) is 0 Å². The fourth-order valence-electron chi connectivity index (χ4n) is 2.27. The fraction of sp³-hybridized carbons (Fsp3) is 0.312. The summed E-state index contributed by atoms with van der Waals surface area (Å²) >= 11 is 0. The Morgan fingerprint density at radius 1 is 1.16 bits per heavy atom. The summed E-state index contributed by atoms with van der Waals surface area (Å²) < 4.78 is 5.37. The molecule has 19 heavy (non-hydrogen) atoms. The Balaban J connectivity index is 2.50.